The van der Waals surface area contributed by atoms with E-state index in [1.54, 1.807) is 23.6 Å². The number of benzene rings is 2. The first-order valence-electron chi connectivity index (χ1n) is 8.78. The van der Waals surface area contributed by atoms with Crippen molar-refractivity contribution in [3.05, 3.63) is 71.4 Å². The Kier molecular flexibility index (Phi) is 5.36. The second-order valence-electron chi connectivity index (χ2n) is 6.20. The normalized spacial score (nSPS) is 10.9. The van der Waals surface area contributed by atoms with Crippen LogP contribution < -0.4 is 4.90 Å². The molecule has 0 atom stereocenters. The Morgan fingerprint density at radius 3 is 2.39 bits per heavy atom. The van der Waals surface area contributed by atoms with Gasteiger partial charge in [-0.25, -0.2) is 15.0 Å². The number of hydrogen-bond acceptors (Lipinski definition) is 6. The van der Waals surface area contributed by atoms with Crippen molar-refractivity contribution in [1.29, 1.82) is 0 Å². The first-order chi connectivity index (χ1) is 13.6. The Hall–Kier alpha value is -2.77. The minimum atomic E-state index is -0.0593. The highest BCUT2D eigenvalue weighted by Gasteiger charge is 2.18. The maximum Gasteiger partial charge on any atom is 0.230 e. The second kappa shape index (κ2) is 8.08. The number of amides is 1. The molecule has 2 aromatic carbocycles. The van der Waals surface area contributed by atoms with Crippen molar-refractivity contribution in [2.24, 2.45) is 0 Å². The maximum absolute atomic E-state index is 12.2. The van der Waals surface area contributed by atoms with E-state index in [1.807, 2.05) is 66.9 Å². The topological polar surface area (TPSA) is 59.0 Å². The maximum atomic E-state index is 12.2. The molecule has 0 aliphatic heterocycles. The summed E-state index contributed by atoms with van der Waals surface area (Å²) in [7, 11) is 0. The van der Waals surface area contributed by atoms with Crippen LogP contribution in [0, 0.1) is 6.92 Å². The molecule has 0 unspecified atom stereocenters. The van der Waals surface area contributed by atoms with Gasteiger partial charge in [-0.15, -0.1) is 11.3 Å². The molecular weight excluding hydrogens is 388 g/mol. The molecule has 0 radical (unpaired) electrons. The summed E-state index contributed by atoms with van der Waals surface area (Å²) in [4.78, 5) is 27.8. The lowest BCUT2D eigenvalue weighted by Crippen LogP contribution is -2.22. The Morgan fingerprint density at radius 1 is 1.00 bits per heavy atom. The summed E-state index contributed by atoms with van der Waals surface area (Å²) in [6, 6.07) is 17.4. The molecule has 2 heterocycles. The summed E-state index contributed by atoms with van der Waals surface area (Å²) in [6.45, 7) is 3.53. The van der Waals surface area contributed by atoms with Crippen LogP contribution in [0.15, 0.2) is 65.0 Å². The van der Waals surface area contributed by atoms with Gasteiger partial charge in [-0.3, -0.25) is 9.69 Å². The summed E-state index contributed by atoms with van der Waals surface area (Å²) in [5.74, 6) is 0.612. The Bertz CT molecular complexity index is 1130. The molecular formula is C21H18N4OS2. The van der Waals surface area contributed by atoms with Gasteiger partial charge < -0.3 is 0 Å². The van der Waals surface area contributed by atoms with Crippen LogP contribution >= 0.6 is 23.1 Å². The number of anilines is 2. The number of aromatic nitrogens is 3. The molecule has 0 aliphatic rings. The molecule has 0 spiro atoms. The zero-order chi connectivity index (χ0) is 19.5. The van der Waals surface area contributed by atoms with Gasteiger partial charge in [-0.05, 0) is 31.2 Å². The van der Waals surface area contributed by atoms with Gasteiger partial charge in [0.1, 0.15) is 5.03 Å². The second-order valence-corrected chi connectivity index (χ2v) is 8.00. The summed E-state index contributed by atoms with van der Waals surface area (Å²) >= 11 is 3.08. The van der Waals surface area contributed by atoms with Crippen LogP contribution in [0.5, 0.6) is 0 Å². The SMILES string of the molecule is CC(=O)N(c1ccccc1)c1nc(CSc2nc3ccccc3nc2C)cs1. The minimum Gasteiger partial charge on any atom is -0.274 e. The van der Waals surface area contributed by atoms with Crippen molar-refractivity contribution in [3.8, 4) is 0 Å². The van der Waals surface area contributed by atoms with Crippen LogP contribution in [-0.2, 0) is 10.5 Å². The van der Waals surface area contributed by atoms with E-state index in [2.05, 4.69) is 9.97 Å². The minimum absolute atomic E-state index is 0.0593. The van der Waals surface area contributed by atoms with Gasteiger partial charge in [0, 0.05) is 18.1 Å². The standard InChI is InChI=1S/C21H18N4OS2/c1-14-20(24-19-11-7-6-10-18(19)22-14)27-12-16-13-28-21(23-16)25(15(2)26)17-8-4-3-5-9-17/h3-11,13H,12H2,1-2H3. The molecule has 5 nitrogen and oxygen atoms in total. The summed E-state index contributed by atoms with van der Waals surface area (Å²) in [5, 5.41) is 3.57. The van der Waals surface area contributed by atoms with Gasteiger partial charge >= 0.3 is 0 Å². The van der Waals surface area contributed by atoms with Crippen molar-refractivity contribution < 1.29 is 4.79 Å². The van der Waals surface area contributed by atoms with Gasteiger partial charge in [-0.1, -0.05) is 42.1 Å². The van der Waals surface area contributed by atoms with Crippen molar-refractivity contribution in [2.75, 3.05) is 4.90 Å². The van der Waals surface area contributed by atoms with E-state index in [9.17, 15) is 4.79 Å². The first kappa shape index (κ1) is 18.6. The number of carbonyl (C=O) groups is 1. The van der Waals surface area contributed by atoms with Crippen molar-refractivity contribution in [1.82, 2.24) is 15.0 Å². The molecule has 0 saturated carbocycles. The molecule has 4 aromatic rings. The number of fused-ring (bicyclic) bond motifs is 1. The highest BCUT2D eigenvalue weighted by atomic mass is 32.2. The molecule has 4 rings (SSSR count). The molecule has 0 fully saturated rings. The smallest absolute Gasteiger partial charge is 0.230 e. The predicted octanol–water partition coefficient (Wildman–Crippen LogP) is 5.37. The number of rotatable bonds is 5. The fourth-order valence-electron chi connectivity index (χ4n) is 2.82. The van der Waals surface area contributed by atoms with Gasteiger partial charge in [0.15, 0.2) is 5.13 Å². The average molecular weight is 407 g/mol. The monoisotopic (exact) mass is 406 g/mol. The third kappa shape index (κ3) is 3.90. The lowest BCUT2D eigenvalue weighted by Gasteiger charge is -2.17. The first-order valence-corrected chi connectivity index (χ1v) is 10.6. The van der Waals surface area contributed by atoms with Crippen LogP contribution in [0.25, 0.3) is 11.0 Å². The van der Waals surface area contributed by atoms with Crippen LogP contribution in [-0.4, -0.2) is 20.9 Å². The van der Waals surface area contributed by atoms with E-state index in [0.717, 1.165) is 33.1 Å². The summed E-state index contributed by atoms with van der Waals surface area (Å²) in [6.07, 6.45) is 0. The van der Waals surface area contributed by atoms with E-state index in [0.29, 0.717) is 10.9 Å². The van der Waals surface area contributed by atoms with Gasteiger partial charge in [0.25, 0.3) is 0 Å². The van der Waals surface area contributed by atoms with Crippen LogP contribution in [0.3, 0.4) is 0 Å². The molecule has 2 aromatic heterocycles. The number of thioether (sulfide) groups is 1. The van der Waals surface area contributed by atoms with Gasteiger partial charge in [0.05, 0.1) is 28.1 Å². The number of nitrogens with zero attached hydrogens (tertiary/aromatic N) is 4. The van der Waals surface area contributed by atoms with E-state index < -0.39 is 0 Å². The largest absolute Gasteiger partial charge is 0.274 e. The quantitative estimate of drug-likeness (QED) is 0.417. The van der Waals surface area contributed by atoms with Crippen LogP contribution in [0.4, 0.5) is 10.8 Å². The molecule has 0 bridgehead atoms. The molecule has 0 N–H and O–H groups in total. The zero-order valence-electron chi connectivity index (χ0n) is 15.5. The molecule has 0 saturated heterocycles. The highest BCUT2D eigenvalue weighted by Crippen LogP contribution is 2.31. The number of hydrogen-bond donors (Lipinski definition) is 0. The van der Waals surface area contributed by atoms with Crippen LogP contribution in [0.1, 0.15) is 18.3 Å². The fourth-order valence-corrected chi connectivity index (χ4v) is 4.66. The van der Waals surface area contributed by atoms with E-state index in [1.165, 1.54) is 11.3 Å². The lowest BCUT2D eigenvalue weighted by atomic mass is 10.3. The van der Waals surface area contributed by atoms with Gasteiger partial charge in [-0.2, -0.15) is 0 Å². The average Bonchev–Trinajstić information content (AvgIpc) is 3.15. The summed E-state index contributed by atoms with van der Waals surface area (Å²) in [5.41, 5.74) is 4.44. The highest BCUT2D eigenvalue weighted by molar-refractivity contribution is 7.98. The molecule has 7 heteroatoms. The van der Waals surface area contributed by atoms with E-state index >= 15 is 0 Å². The summed E-state index contributed by atoms with van der Waals surface area (Å²) < 4.78 is 0. The Morgan fingerprint density at radius 2 is 1.68 bits per heavy atom. The lowest BCUT2D eigenvalue weighted by molar-refractivity contribution is -0.115. The van der Waals surface area contributed by atoms with E-state index in [4.69, 9.17) is 4.98 Å². The van der Waals surface area contributed by atoms with Crippen LogP contribution in [0.2, 0.25) is 0 Å². The van der Waals surface area contributed by atoms with E-state index in [-0.39, 0.29) is 5.91 Å². The van der Waals surface area contributed by atoms with Crippen molar-refractivity contribution >= 4 is 50.9 Å². The number of aryl methyl sites for hydroxylation is 1. The molecule has 140 valence electrons. The number of carbonyl (C=O) groups excluding carboxylic acids is 1. The predicted molar refractivity (Wildman–Crippen MR) is 115 cm³/mol. The van der Waals surface area contributed by atoms with Crippen molar-refractivity contribution in [3.63, 3.8) is 0 Å². The fraction of sp³-hybridized carbons (Fsp3) is 0.143. The Balaban J connectivity index is 1.54. The number of thiazole rings is 1. The number of para-hydroxylation sites is 3. The zero-order valence-corrected chi connectivity index (χ0v) is 17.1. The third-order valence-electron chi connectivity index (χ3n) is 4.12. The van der Waals surface area contributed by atoms with Gasteiger partial charge in [0.2, 0.25) is 5.91 Å². The van der Waals surface area contributed by atoms with Crippen molar-refractivity contribution in [2.45, 2.75) is 24.6 Å². The molecule has 0 aliphatic carbocycles. The third-order valence-corrected chi connectivity index (χ3v) is 6.09. The molecule has 1 amide bonds. The Labute approximate surface area is 171 Å². The molecule has 28 heavy (non-hydrogen) atoms.